The summed E-state index contributed by atoms with van der Waals surface area (Å²) in [5, 5.41) is 0. The lowest BCUT2D eigenvalue weighted by Crippen LogP contribution is -2.05. The molecule has 0 fully saturated rings. The first-order valence-electron chi connectivity index (χ1n) is 7.67. The second-order valence-electron chi connectivity index (χ2n) is 5.26. The molecule has 24 heavy (non-hydrogen) atoms. The molecule has 0 aliphatic carbocycles. The van der Waals surface area contributed by atoms with Crippen LogP contribution < -0.4 is 4.74 Å². The highest BCUT2D eigenvalue weighted by Crippen LogP contribution is 2.20. The lowest BCUT2D eigenvalue weighted by atomic mass is 10.2. The summed E-state index contributed by atoms with van der Waals surface area (Å²) >= 11 is 0. The van der Waals surface area contributed by atoms with Crippen molar-refractivity contribution < 1.29 is 18.7 Å². The molecule has 0 amide bonds. The lowest BCUT2D eigenvalue weighted by Gasteiger charge is -2.04. The summed E-state index contributed by atoms with van der Waals surface area (Å²) in [5.74, 6) is 0.0723. The van der Waals surface area contributed by atoms with Crippen LogP contribution >= 0.6 is 0 Å². The summed E-state index contributed by atoms with van der Waals surface area (Å²) in [6.45, 7) is 2.71. The maximum absolute atomic E-state index is 13.0. The molecule has 1 aliphatic rings. The van der Waals surface area contributed by atoms with Crippen LogP contribution in [-0.4, -0.2) is 18.5 Å². The summed E-state index contributed by atoms with van der Waals surface area (Å²) in [6.07, 6.45) is 2.58. The van der Waals surface area contributed by atoms with Crippen molar-refractivity contribution in [1.29, 1.82) is 0 Å². The van der Waals surface area contributed by atoms with Crippen molar-refractivity contribution in [2.75, 3.05) is 6.61 Å². The molecule has 0 unspecified atom stereocenters. The van der Waals surface area contributed by atoms with Crippen molar-refractivity contribution >= 4 is 17.9 Å². The van der Waals surface area contributed by atoms with Crippen LogP contribution in [0.15, 0.2) is 59.2 Å². The van der Waals surface area contributed by atoms with Gasteiger partial charge in [0.1, 0.15) is 11.6 Å². The number of nitrogens with zero attached hydrogens (tertiary/aromatic N) is 1. The molecule has 3 rings (SSSR count). The van der Waals surface area contributed by atoms with Crippen LogP contribution in [0.3, 0.4) is 0 Å². The molecular weight excluding hydrogens is 309 g/mol. The van der Waals surface area contributed by atoms with Crippen LogP contribution in [0.4, 0.5) is 4.39 Å². The molecule has 0 spiro atoms. The third-order valence-electron chi connectivity index (χ3n) is 3.37. The van der Waals surface area contributed by atoms with Crippen molar-refractivity contribution in [2.45, 2.75) is 13.3 Å². The molecule has 0 atom stereocenters. The van der Waals surface area contributed by atoms with E-state index >= 15 is 0 Å². The highest BCUT2D eigenvalue weighted by Gasteiger charge is 2.24. The molecule has 122 valence electrons. The highest BCUT2D eigenvalue weighted by molar-refractivity contribution is 6.12. The predicted molar refractivity (Wildman–Crippen MR) is 89.2 cm³/mol. The number of carbonyl (C=O) groups is 1. The minimum absolute atomic E-state index is 0.175. The number of cyclic esters (lactones) is 1. The molecule has 4 nitrogen and oxygen atoms in total. The number of ether oxygens (including phenoxy) is 2. The van der Waals surface area contributed by atoms with Crippen LogP contribution in [0.2, 0.25) is 0 Å². The fourth-order valence-corrected chi connectivity index (χ4v) is 2.16. The number of halogens is 1. The zero-order valence-corrected chi connectivity index (χ0v) is 13.2. The first kappa shape index (κ1) is 15.9. The normalized spacial score (nSPS) is 15.3. The zero-order chi connectivity index (χ0) is 16.9. The molecule has 5 heteroatoms. The van der Waals surface area contributed by atoms with E-state index in [-0.39, 0.29) is 17.4 Å². The van der Waals surface area contributed by atoms with Gasteiger partial charge >= 0.3 is 5.97 Å². The van der Waals surface area contributed by atoms with Crippen LogP contribution in [-0.2, 0) is 9.53 Å². The van der Waals surface area contributed by atoms with Crippen LogP contribution in [0, 0.1) is 5.82 Å². The monoisotopic (exact) mass is 325 g/mol. The Morgan fingerprint density at radius 3 is 2.50 bits per heavy atom. The van der Waals surface area contributed by atoms with Crippen molar-refractivity contribution in [1.82, 2.24) is 0 Å². The van der Waals surface area contributed by atoms with E-state index in [1.165, 1.54) is 24.3 Å². The highest BCUT2D eigenvalue weighted by atomic mass is 19.1. The van der Waals surface area contributed by atoms with Crippen LogP contribution in [0.25, 0.3) is 6.08 Å². The molecule has 0 N–H and O–H groups in total. The molecule has 0 saturated carbocycles. The smallest absolute Gasteiger partial charge is 0.363 e. The number of carbonyl (C=O) groups excluding carboxylic acids is 1. The van der Waals surface area contributed by atoms with Gasteiger partial charge in [-0.25, -0.2) is 14.2 Å². The van der Waals surface area contributed by atoms with E-state index in [0.717, 1.165) is 17.7 Å². The fourth-order valence-electron chi connectivity index (χ4n) is 2.16. The number of esters is 1. The van der Waals surface area contributed by atoms with Gasteiger partial charge in [-0.3, -0.25) is 0 Å². The molecule has 0 saturated heterocycles. The quantitative estimate of drug-likeness (QED) is 0.617. The van der Waals surface area contributed by atoms with E-state index in [2.05, 4.69) is 4.99 Å². The maximum Gasteiger partial charge on any atom is 0.363 e. The summed E-state index contributed by atoms with van der Waals surface area (Å²) < 4.78 is 23.6. The molecule has 1 aliphatic heterocycles. The van der Waals surface area contributed by atoms with Gasteiger partial charge in [0.05, 0.1) is 6.61 Å². The molecule has 1 heterocycles. The molecule has 0 radical (unpaired) electrons. The van der Waals surface area contributed by atoms with Gasteiger partial charge in [-0.05, 0) is 54.5 Å². The Bertz CT molecular complexity index is 792. The average Bonchev–Trinajstić information content (AvgIpc) is 2.95. The lowest BCUT2D eigenvalue weighted by molar-refractivity contribution is -0.129. The van der Waals surface area contributed by atoms with Gasteiger partial charge in [-0.15, -0.1) is 0 Å². The van der Waals surface area contributed by atoms with Gasteiger partial charge in [0.2, 0.25) is 5.90 Å². The summed E-state index contributed by atoms with van der Waals surface area (Å²) in [5.41, 5.74) is 1.57. The topological polar surface area (TPSA) is 47.9 Å². The zero-order valence-electron chi connectivity index (χ0n) is 13.2. The second kappa shape index (κ2) is 7.08. The van der Waals surface area contributed by atoms with Gasteiger partial charge in [0.15, 0.2) is 5.70 Å². The third-order valence-corrected chi connectivity index (χ3v) is 3.37. The maximum atomic E-state index is 13.0. The Morgan fingerprint density at radius 1 is 1.12 bits per heavy atom. The summed E-state index contributed by atoms with van der Waals surface area (Å²) in [6, 6.07) is 13.0. The largest absolute Gasteiger partial charge is 0.494 e. The van der Waals surface area contributed by atoms with E-state index in [0.29, 0.717) is 12.2 Å². The molecular formula is C19H16FNO3. The van der Waals surface area contributed by atoms with E-state index < -0.39 is 5.97 Å². The second-order valence-corrected chi connectivity index (χ2v) is 5.26. The van der Waals surface area contributed by atoms with Crippen LogP contribution in [0.1, 0.15) is 24.5 Å². The number of aliphatic imine (C=N–C) groups is 1. The first-order valence-corrected chi connectivity index (χ1v) is 7.67. The first-order chi connectivity index (χ1) is 11.7. The summed E-state index contributed by atoms with van der Waals surface area (Å²) in [7, 11) is 0. The van der Waals surface area contributed by atoms with E-state index in [1.54, 1.807) is 6.08 Å². The fraction of sp³-hybridized carbons (Fsp3) is 0.158. The Morgan fingerprint density at radius 2 is 1.83 bits per heavy atom. The predicted octanol–water partition coefficient (Wildman–Crippen LogP) is 3.96. The van der Waals surface area contributed by atoms with Gasteiger partial charge in [0.25, 0.3) is 0 Å². The Kier molecular flexibility index (Phi) is 4.70. The number of hydrogen-bond donors (Lipinski definition) is 0. The van der Waals surface area contributed by atoms with Gasteiger partial charge < -0.3 is 9.47 Å². The third kappa shape index (κ3) is 3.68. The minimum Gasteiger partial charge on any atom is -0.494 e. The molecule has 0 aromatic heterocycles. The van der Waals surface area contributed by atoms with Gasteiger partial charge in [-0.2, -0.15) is 0 Å². The molecule has 0 bridgehead atoms. The minimum atomic E-state index is -0.527. The molecule has 2 aromatic carbocycles. The molecule has 2 aromatic rings. The SMILES string of the molecule is CCCOc1ccc(/C=C2\N=C(c3ccc(F)cc3)OC2=O)cc1. The summed E-state index contributed by atoms with van der Waals surface area (Å²) in [4.78, 5) is 16.1. The van der Waals surface area contributed by atoms with Gasteiger partial charge in [-0.1, -0.05) is 19.1 Å². The number of benzene rings is 2. The average molecular weight is 325 g/mol. The Balaban J connectivity index is 1.79. The van der Waals surface area contributed by atoms with Crippen molar-refractivity contribution in [3.8, 4) is 5.75 Å². The van der Waals surface area contributed by atoms with Crippen molar-refractivity contribution in [3.05, 3.63) is 71.2 Å². The van der Waals surface area contributed by atoms with Crippen molar-refractivity contribution in [2.24, 2.45) is 4.99 Å². The Labute approximate surface area is 139 Å². The van der Waals surface area contributed by atoms with E-state index in [4.69, 9.17) is 9.47 Å². The van der Waals surface area contributed by atoms with E-state index in [1.807, 2.05) is 31.2 Å². The number of hydrogen-bond acceptors (Lipinski definition) is 4. The Hall–Kier alpha value is -2.95. The van der Waals surface area contributed by atoms with E-state index in [9.17, 15) is 9.18 Å². The van der Waals surface area contributed by atoms with Crippen molar-refractivity contribution in [3.63, 3.8) is 0 Å². The number of rotatable bonds is 5. The van der Waals surface area contributed by atoms with Crippen LogP contribution in [0.5, 0.6) is 5.75 Å². The standard InChI is InChI=1S/C19H16FNO3/c1-2-11-23-16-9-3-13(4-10-16)12-17-19(22)24-18(21-17)14-5-7-15(20)8-6-14/h3-10,12H,2,11H2,1H3/b17-12-. The van der Waals surface area contributed by atoms with Gasteiger partial charge in [0, 0.05) is 5.56 Å².